The third-order valence-electron chi connectivity index (χ3n) is 4.40. The molecule has 2 aromatic heterocycles. The van der Waals surface area contributed by atoms with Crippen LogP contribution in [0.1, 0.15) is 42.4 Å². The Morgan fingerprint density at radius 1 is 1.31 bits per heavy atom. The SMILES string of the molecule is CC[C@@H](c1ccc(F)cc1)N(C)C(=O)c1cc(-c2cnn(CC)c2)on1. The van der Waals surface area contributed by atoms with Crippen LogP contribution in [0.25, 0.3) is 11.3 Å². The Kier molecular flexibility index (Phi) is 5.16. The van der Waals surface area contributed by atoms with Crippen molar-refractivity contribution in [1.29, 1.82) is 0 Å². The molecule has 1 amide bonds. The van der Waals surface area contributed by atoms with Crippen LogP contribution in [0.2, 0.25) is 0 Å². The minimum atomic E-state index is -0.300. The number of nitrogens with zero attached hydrogens (tertiary/aromatic N) is 4. The molecule has 0 saturated carbocycles. The van der Waals surface area contributed by atoms with Crippen molar-refractivity contribution in [2.45, 2.75) is 32.9 Å². The zero-order valence-corrected chi connectivity index (χ0v) is 15.0. The normalized spacial score (nSPS) is 12.2. The van der Waals surface area contributed by atoms with Crippen LogP contribution in [0.15, 0.2) is 47.2 Å². The second-order valence-corrected chi connectivity index (χ2v) is 6.05. The Balaban J connectivity index is 1.80. The standard InChI is InChI=1S/C19H21FN4O2/c1-4-17(13-6-8-15(20)9-7-13)23(3)19(25)16-10-18(26-22-16)14-11-21-24(5-2)12-14/h6-12,17H,4-5H2,1-3H3/t17-/m0/s1. The van der Waals surface area contributed by atoms with Gasteiger partial charge in [-0.05, 0) is 31.0 Å². The summed E-state index contributed by atoms with van der Waals surface area (Å²) in [4.78, 5) is 14.4. The van der Waals surface area contributed by atoms with Crippen LogP contribution in [0.5, 0.6) is 0 Å². The third kappa shape index (κ3) is 3.51. The van der Waals surface area contributed by atoms with E-state index in [1.807, 2.05) is 20.0 Å². The van der Waals surface area contributed by atoms with Crippen molar-refractivity contribution in [3.63, 3.8) is 0 Å². The van der Waals surface area contributed by atoms with Crippen LogP contribution in [0, 0.1) is 5.82 Å². The second kappa shape index (κ2) is 7.51. The molecular formula is C19H21FN4O2. The maximum absolute atomic E-state index is 13.2. The van der Waals surface area contributed by atoms with Crippen molar-refractivity contribution in [3.05, 3.63) is 59.8 Å². The van der Waals surface area contributed by atoms with Gasteiger partial charge >= 0.3 is 0 Å². The van der Waals surface area contributed by atoms with Crippen molar-refractivity contribution < 1.29 is 13.7 Å². The molecule has 1 aromatic carbocycles. The lowest BCUT2D eigenvalue weighted by Gasteiger charge is -2.27. The first-order chi connectivity index (χ1) is 12.5. The molecule has 0 aliphatic rings. The molecule has 0 bridgehead atoms. The van der Waals surface area contributed by atoms with E-state index < -0.39 is 0 Å². The molecular weight excluding hydrogens is 335 g/mol. The smallest absolute Gasteiger partial charge is 0.276 e. The van der Waals surface area contributed by atoms with Gasteiger partial charge in [0.2, 0.25) is 0 Å². The van der Waals surface area contributed by atoms with E-state index in [0.717, 1.165) is 17.7 Å². The van der Waals surface area contributed by atoms with Gasteiger partial charge in [0.25, 0.3) is 5.91 Å². The Bertz CT molecular complexity index is 885. The number of amides is 1. The first-order valence-corrected chi connectivity index (χ1v) is 8.55. The first-order valence-electron chi connectivity index (χ1n) is 8.55. The van der Waals surface area contributed by atoms with Crippen molar-refractivity contribution >= 4 is 5.91 Å². The van der Waals surface area contributed by atoms with Crippen LogP contribution >= 0.6 is 0 Å². The fourth-order valence-corrected chi connectivity index (χ4v) is 2.92. The van der Waals surface area contributed by atoms with E-state index in [1.54, 1.807) is 41.0 Å². The highest BCUT2D eigenvalue weighted by molar-refractivity contribution is 5.93. The lowest BCUT2D eigenvalue weighted by molar-refractivity contribution is 0.0715. The van der Waals surface area contributed by atoms with Gasteiger partial charge in [0.1, 0.15) is 5.82 Å². The van der Waals surface area contributed by atoms with Crippen molar-refractivity contribution in [1.82, 2.24) is 19.8 Å². The predicted molar refractivity (Wildman–Crippen MR) is 94.9 cm³/mol. The number of benzene rings is 1. The van der Waals surface area contributed by atoms with Gasteiger partial charge in [-0.25, -0.2) is 4.39 Å². The van der Waals surface area contributed by atoms with Crippen LogP contribution in [0.3, 0.4) is 0 Å². The number of hydrogen-bond donors (Lipinski definition) is 0. The number of carbonyl (C=O) groups excluding carboxylic acids is 1. The van der Waals surface area contributed by atoms with Crippen molar-refractivity contribution in [2.24, 2.45) is 0 Å². The van der Waals surface area contributed by atoms with Gasteiger partial charge in [-0.15, -0.1) is 0 Å². The predicted octanol–water partition coefficient (Wildman–Crippen LogP) is 3.92. The summed E-state index contributed by atoms with van der Waals surface area (Å²) in [5.41, 5.74) is 1.87. The van der Waals surface area contributed by atoms with Crippen LogP contribution in [0.4, 0.5) is 4.39 Å². The highest BCUT2D eigenvalue weighted by Gasteiger charge is 2.24. The molecule has 7 heteroatoms. The van der Waals surface area contributed by atoms with Gasteiger partial charge in [0.05, 0.1) is 17.8 Å². The molecule has 0 aliphatic heterocycles. The van der Waals surface area contributed by atoms with Gasteiger partial charge in [-0.1, -0.05) is 24.2 Å². The lowest BCUT2D eigenvalue weighted by Crippen LogP contribution is -2.31. The summed E-state index contributed by atoms with van der Waals surface area (Å²) in [7, 11) is 1.71. The molecule has 3 aromatic rings. The van der Waals surface area contributed by atoms with E-state index in [4.69, 9.17) is 4.52 Å². The average Bonchev–Trinajstić information content (AvgIpc) is 3.32. The molecule has 1 atom stereocenters. The van der Waals surface area contributed by atoms with Crippen molar-refractivity contribution in [3.8, 4) is 11.3 Å². The molecule has 2 heterocycles. The summed E-state index contributed by atoms with van der Waals surface area (Å²) < 4.78 is 20.2. The summed E-state index contributed by atoms with van der Waals surface area (Å²) in [6, 6.07) is 7.63. The van der Waals surface area contributed by atoms with E-state index in [1.165, 1.54) is 12.1 Å². The van der Waals surface area contributed by atoms with E-state index in [-0.39, 0.29) is 23.5 Å². The molecule has 0 fully saturated rings. The molecule has 6 nitrogen and oxygen atoms in total. The number of rotatable bonds is 6. The summed E-state index contributed by atoms with van der Waals surface area (Å²) in [5, 5.41) is 8.10. The van der Waals surface area contributed by atoms with Gasteiger partial charge in [0, 0.05) is 25.9 Å². The van der Waals surface area contributed by atoms with E-state index >= 15 is 0 Å². The molecule has 0 radical (unpaired) electrons. The summed E-state index contributed by atoms with van der Waals surface area (Å²) in [6.45, 7) is 4.71. The Labute approximate surface area is 151 Å². The summed E-state index contributed by atoms with van der Waals surface area (Å²) >= 11 is 0. The molecule has 3 rings (SSSR count). The van der Waals surface area contributed by atoms with Crippen molar-refractivity contribution in [2.75, 3.05) is 7.05 Å². The minimum absolute atomic E-state index is 0.175. The zero-order valence-electron chi connectivity index (χ0n) is 15.0. The molecule has 136 valence electrons. The highest BCUT2D eigenvalue weighted by Crippen LogP contribution is 2.26. The lowest BCUT2D eigenvalue weighted by atomic mass is 10.0. The maximum atomic E-state index is 13.2. The second-order valence-electron chi connectivity index (χ2n) is 6.05. The van der Waals surface area contributed by atoms with E-state index in [9.17, 15) is 9.18 Å². The minimum Gasteiger partial charge on any atom is -0.355 e. The fraction of sp³-hybridized carbons (Fsp3) is 0.316. The number of carbonyl (C=O) groups is 1. The van der Waals surface area contributed by atoms with Crippen LogP contribution in [-0.2, 0) is 6.54 Å². The molecule has 0 saturated heterocycles. The molecule has 0 spiro atoms. The summed E-state index contributed by atoms with van der Waals surface area (Å²) in [5.74, 6) is -0.0540. The molecule has 0 aliphatic carbocycles. The van der Waals surface area contributed by atoms with Crippen LogP contribution in [-0.4, -0.2) is 32.8 Å². The summed E-state index contributed by atoms with van der Waals surface area (Å²) in [6.07, 6.45) is 4.21. The molecule has 0 unspecified atom stereocenters. The Morgan fingerprint density at radius 2 is 2.04 bits per heavy atom. The topological polar surface area (TPSA) is 64.2 Å². The van der Waals surface area contributed by atoms with Crippen LogP contribution < -0.4 is 0 Å². The quantitative estimate of drug-likeness (QED) is 0.671. The average molecular weight is 356 g/mol. The number of aryl methyl sites for hydroxylation is 1. The largest absolute Gasteiger partial charge is 0.355 e. The Hall–Kier alpha value is -2.96. The van der Waals surface area contributed by atoms with Gasteiger partial charge in [-0.2, -0.15) is 5.10 Å². The third-order valence-corrected chi connectivity index (χ3v) is 4.40. The molecule has 0 N–H and O–H groups in total. The zero-order chi connectivity index (χ0) is 18.7. The monoisotopic (exact) mass is 356 g/mol. The maximum Gasteiger partial charge on any atom is 0.276 e. The Morgan fingerprint density at radius 3 is 2.65 bits per heavy atom. The van der Waals surface area contributed by atoms with E-state index in [2.05, 4.69) is 10.3 Å². The van der Waals surface area contributed by atoms with Gasteiger partial charge in [-0.3, -0.25) is 9.48 Å². The number of aromatic nitrogens is 3. The van der Waals surface area contributed by atoms with E-state index in [0.29, 0.717) is 12.2 Å². The van der Waals surface area contributed by atoms with Gasteiger partial charge in [0.15, 0.2) is 11.5 Å². The fourth-order valence-electron chi connectivity index (χ4n) is 2.92. The first kappa shape index (κ1) is 17.8. The number of hydrogen-bond acceptors (Lipinski definition) is 4. The number of halogens is 1. The highest BCUT2D eigenvalue weighted by atomic mass is 19.1. The molecule has 26 heavy (non-hydrogen) atoms. The van der Waals surface area contributed by atoms with Gasteiger partial charge < -0.3 is 9.42 Å².